The second-order valence-corrected chi connectivity index (χ2v) is 7.87. The van der Waals surface area contributed by atoms with E-state index in [1.807, 2.05) is 48.5 Å². The van der Waals surface area contributed by atoms with Crippen molar-refractivity contribution in [2.24, 2.45) is 4.99 Å². The summed E-state index contributed by atoms with van der Waals surface area (Å²) < 4.78 is 0. The quantitative estimate of drug-likeness (QED) is 0.350. The van der Waals surface area contributed by atoms with E-state index in [4.69, 9.17) is 23.2 Å². The first-order valence-electron chi connectivity index (χ1n) is 9.81. The summed E-state index contributed by atoms with van der Waals surface area (Å²) in [6, 6.07) is 24.5. The Labute approximate surface area is 191 Å². The third-order valence-corrected chi connectivity index (χ3v) is 5.48. The highest BCUT2D eigenvalue weighted by molar-refractivity contribution is 6.39. The van der Waals surface area contributed by atoms with Gasteiger partial charge in [-0.25, -0.2) is 0 Å². The molecular weight excluding hydrogens is 429 g/mol. The van der Waals surface area contributed by atoms with Crippen molar-refractivity contribution in [1.82, 2.24) is 15.4 Å². The first-order chi connectivity index (χ1) is 15.2. The molecule has 0 saturated heterocycles. The molecule has 0 spiro atoms. The monoisotopic (exact) mass is 449 g/mol. The molecule has 31 heavy (non-hydrogen) atoms. The van der Waals surface area contributed by atoms with Crippen LogP contribution in [0, 0.1) is 0 Å². The largest absolute Gasteiger partial charge is 0.363 e. The number of nitrogens with one attached hydrogen (secondary N) is 1. The maximum absolute atomic E-state index is 6.71. The SMILES string of the molecule is CN=Cc1n[nH]nc1-c1c(Cl)cc(N(Cc2ccccc2)Cc2ccccc2)cc1Cl. The minimum atomic E-state index is 0.508. The number of aromatic amines is 1. The second-order valence-electron chi connectivity index (χ2n) is 7.06. The number of nitrogens with zero attached hydrogens (tertiary/aromatic N) is 4. The van der Waals surface area contributed by atoms with Gasteiger partial charge in [-0.3, -0.25) is 4.99 Å². The van der Waals surface area contributed by atoms with E-state index in [0.717, 1.165) is 18.8 Å². The summed E-state index contributed by atoms with van der Waals surface area (Å²) in [6.07, 6.45) is 1.62. The summed E-state index contributed by atoms with van der Waals surface area (Å²) in [5, 5.41) is 12.0. The summed E-state index contributed by atoms with van der Waals surface area (Å²) >= 11 is 13.4. The van der Waals surface area contributed by atoms with Crippen molar-refractivity contribution in [3.8, 4) is 11.3 Å². The van der Waals surface area contributed by atoms with Crippen LogP contribution in [0.3, 0.4) is 0 Å². The van der Waals surface area contributed by atoms with E-state index < -0.39 is 0 Å². The average Bonchev–Trinajstić information content (AvgIpc) is 3.22. The maximum Gasteiger partial charge on any atom is 0.131 e. The summed E-state index contributed by atoms with van der Waals surface area (Å²) in [4.78, 5) is 6.27. The smallest absolute Gasteiger partial charge is 0.131 e. The zero-order valence-electron chi connectivity index (χ0n) is 17.0. The predicted molar refractivity (Wildman–Crippen MR) is 128 cm³/mol. The van der Waals surface area contributed by atoms with Crippen LogP contribution in [0.2, 0.25) is 10.0 Å². The molecule has 5 nitrogen and oxygen atoms in total. The lowest BCUT2D eigenvalue weighted by molar-refractivity contribution is 0.800. The molecule has 0 unspecified atom stereocenters. The standard InChI is InChI=1S/C24H21Cl2N5/c1-27-14-22-24(29-30-28-22)23-20(25)12-19(13-21(23)26)31(15-17-8-4-2-5-9-17)16-18-10-6-3-7-11-18/h2-14H,15-16H2,1H3,(H,28,29,30). The maximum atomic E-state index is 6.71. The van der Waals surface area contributed by atoms with Crippen LogP contribution in [-0.2, 0) is 13.1 Å². The normalized spacial score (nSPS) is 11.2. The van der Waals surface area contributed by atoms with Crippen molar-refractivity contribution in [3.63, 3.8) is 0 Å². The zero-order valence-corrected chi connectivity index (χ0v) is 18.5. The van der Waals surface area contributed by atoms with Gasteiger partial charge in [0.05, 0.1) is 16.3 Å². The van der Waals surface area contributed by atoms with Crippen molar-refractivity contribution in [1.29, 1.82) is 0 Å². The Bertz CT molecular complexity index is 1110. The molecule has 0 saturated carbocycles. The van der Waals surface area contributed by atoms with Crippen LogP contribution in [0.1, 0.15) is 16.8 Å². The molecule has 3 aromatic carbocycles. The average molecular weight is 450 g/mol. The second kappa shape index (κ2) is 9.77. The summed E-state index contributed by atoms with van der Waals surface area (Å²) in [7, 11) is 1.68. The Morgan fingerprint density at radius 3 is 1.94 bits per heavy atom. The molecule has 7 heteroatoms. The van der Waals surface area contributed by atoms with Crippen LogP contribution in [0.15, 0.2) is 77.8 Å². The molecule has 0 bridgehead atoms. The summed E-state index contributed by atoms with van der Waals surface area (Å²) in [6.45, 7) is 1.44. The predicted octanol–water partition coefficient (Wildman–Crippen LogP) is 6.03. The van der Waals surface area contributed by atoms with Crippen LogP contribution in [0.25, 0.3) is 11.3 Å². The fourth-order valence-electron chi connectivity index (χ4n) is 3.45. The minimum absolute atomic E-state index is 0.508. The molecule has 0 fully saturated rings. The molecule has 1 aromatic heterocycles. The van der Waals surface area contributed by atoms with Crippen LogP contribution >= 0.6 is 23.2 Å². The van der Waals surface area contributed by atoms with E-state index in [2.05, 4.69) is 49.6 Å². The summed E-state index contributed by atoms with van der Waals surface area (Å²) in [5.74, 6) is 0. The molecule has 1 N–H and O–H groups in total. The van der Waals surface area contributed by atoms with Crippen molar-refractivity contribution in [2.45, 2.75) is 13.1 Å². The number of hydrogen-bond acceptors (Lipinski definition) is 4. The van der Waals surface area contributed by atoms with Crippen LogP contribution in [0.4, 0.5) is 5.69 Å². The van der Waals surface area contributed by atoms with Gasteiger partial charge in [-0.2, -0.15) is 15.4 Å². The van der Waals surface area contributed by atoms with Gasteiger partial charge in [-0.15, -0.1) is 0 Å². The van der Waals surface area contributed by atoms with Crippen molar-refractivity contribution in [2.75, 3.05) is 11.9 Å². The Morgan fingerprint density at radius 2 is 1.42 bits per heavy atom. The number of benzene rings is 3. The highest BCUT2D eigenvalue weighted by Gasteiger charge is 2.19. The highest BCUT2D eigenvalue weighted by atomic mass is 35.5. The number of anilines is 1. The molecule has 0 aliphatic rings. The van der Waals surface area contributed by atoms with Crippen LogP contribution in [0.5, 0.6) is 0 Å². The number of aromatic nitrogens is 3. The van der Waals surface area contributed by atoms with Gasteiger partial charge in [0.25, 0.3) is 0 Å². The van der Waals surface area contributed by atoms with E-state index >= 15 is 0 Å². The van der Waals surface area contributed by atoms with Crippen LogP contribution in [-0.4, -0.2) is 28.7 Å². The molecule has 4 aromatic rings. The molecule has 0 atom stereocenters. The van der Waals surface area contributed by atoms with Gasteiger partial charge in [0.15, 0.2) is 0 Å². The fourth-order valence-corrected chi connectivity index (χ4v) is 4.10. The van der Waals surface area contributed by atoms with Crippen molar-refractivity contribution >= 4 is 35.1 Å². The number of aliphatic imine (C=N–C) groups is 1. The van der Waals surface area contributed by atoms with Crippen molar-refractivity contribution in [3.05, 3.63) is 99.7 Å². The molecule has 156 valence electrons. The van der Waals surface area contributed by atoms with E-state index in [0.29, 0.717) is 27.0 Å². The molecule has 0 aliphatic heterocycles. The van der Waals surface area contributed by atoms with Gasteiger partial charge >= 0.3 is 0 Å². The van der Waals surface area contributed by atoms with Crippen LogP contribution < -0.4 is 4.90 Å². The minimum Gasteiger partial charge on any atom is -0.363 e. The zero-order chi connectivity index (χ0) is 21.6. The van der Waals surface area contributed by atoms with Gasteiger partial charge < -0.3 is 4.90 Å². The number of hydrogen-bond donors (Lipinski definition) is 1. The Hall–Kier alpha value is -3.15. The molecule has 1 heterocycles. The Morgan fingerprint density at radius 1 is 0.871 bits per heavy atom. The molecule has 4 rings (SSSR count). The van der Waals surface area contributed by atoms with E-state index in [-0.39, 0.29) is 0 Å². The lowest BCUT2D eigenvalue weighted by Gasteiger charge is -2.26. The first-order valence-corrected chi connectivity index (χ1v) is 10.6. The van der Waals surface area contributed by atoms with E-state index in [1.165, 1.54) is 11.1 Å². The fraction of sp³-hybridized carbons (Fsp3) is 0.125. The van der Waals surface area contributed by atoms with E-state index in [9.17, 15) is 0 Å². The highest BCUT2D eigenvalue weighted by Crippen LogP contribution is 2.38. The number of rotatable bonds is 7. The molecule has 0 aliphatic carbocycles. The van der Waals surface area contributed by atoms with Gasteiger partial charge in [0, 0.05) is 31.4 Å². The van der Waals surface area contributed by atoms with Gasteiger partial charge in [-0.1, -0.05) is 83.9 Å². The number of halogens is 2. The topological polar surface area (TPSA) is 57.2 Å². The lowest BCUT2D eigenvalue weighted by Crippen LogP contribution is -2.22. The molecule has 0 radical (unpaired) electrons. The molecular formula is C24H21Cl2N5. The Kier molecular flexibility index (Phi) is 6.65. The third kappa shape index (κ3) is 4.95. The van der Waals surface area contributed by atoms with Crippen molar-refractivity contribution < 1.29 is 0 Å². The summed E-state index contributed by atoms with van der Waals surface area (Å²) in [5.41, 5.74) is 5.13. The van der Waals surface area contributed by atoms with E-state index in [1.54, 1.807) is 13.3 Å². The Balaban J connectivity index is 1.73. The first kappa shape index (κ1) is 21.1. The van der Waals surface area contributed by atoms with Gasteiger partial charge in [0.2, 0.25) is 0 Å². The van der Waals surface area contributed by atoms with Gasteiger partial charge in [-0.05, 0) is 23.3 Å². The third-order valence-electron chi connectivity index (χ3n) is 4.89. The lowest BCUT2D eigenvalue weighted by atomic mass is 10.1. The van der Waals surface area contributed by atoms with Gasteiger partial charge in [0.1, 0.15) is 11.4 Å². The molecule has 0 amide bonds. The number of H-pyrrole nitrogens is 1.